The van der Waals surface area contributed by atoms with Crippen LogP contribution in [0.1, 0.15) is 29.3 Å². The smallest absolute Gasteiger partial charge is 0.255 e. The van der Waals surface area contributed by atoms with E-state index >= 15 is 0 Å². The van der Waals surface area contributed by atoms with Gasteiger partial charge in [-0.3, -0.25) is 14.5 Å². The molecule has 0 aliphatic carbocycles. The maximum atomic E-state index is 13.2. The highest BCUT2D eigenvalue weighted by molar-refractivity contribution is 7.99. The molecule has 0 unspecified atom stereocenters. The van der Waals surface area contributed by atoms with E-state index in [0.717, 1.165) is 16.2 Å². The van der Waals surface area contributed by atoms with Gasteiger partial charge in [0.05, 0.1) is 17.7 Å². The van der Waals surface area contributed by atoms with Crippen LogP contribution in [0.3, 0.4) is 0 Å². The van der Waals surface area contributed by atoms with Gasteiger partial charge in [0.25, 0.3) is 5.91 Å². The van der Waals surface area contributed by atoms with Crippen molar-refractivity contribution < 1.29 is 9.59 Å². The molecule has 30 heavy (non-hydrogen) atoms. The average Bonchev–Trinajstić information content (AvgIpc) is 2.78. The van der Waals surface area contributed by atoms with Crippen LogP contribution in [-0.2, 0) is 4.79 Å². The zero-order valence-corrected chi connectivity index (χ0v) is 18.0. The van der Waals surface area contributed by atoms with E-state index in [-0.39, 0.29) is 11.8 Å². The maximum Gasteiger partial charge on any atom is 0.255 e. The molecule has 2 amide bonds. The Hall–Kier alpha value is -2.82. The van der Waals surface area contributed by atoms with Crippen LogP contribution < -0.4 is 5.32 Å². The fraction of sp³-hybridized carbons (Fsp3) is 0.348. The van der Waals surface area contributed by atoms with E-state index in [4.69, 9.17) is 0 Å². The van der Waals surface area contributed by atoms with E-state index in [1.54, 1.807) is 6.07 Å². The largest absolute Gasteiger partial charge is 0.355 e. The normalized spacial score (nSPS) is 14.2. The Morgan fingerprint density at radius 2 is 1.70 bits per heavy atom. The highest BCUT2D eigenvalue weighted by Gasteiger charge is 2.25. The molecule has 1 aliphatic heterocycles. The van der Waals surface area contributed by atoms with Crippen molar-refractivity contribution in [2.75, 3.05) is 39.3 Å². The molecule has 2 aromatic rings. The van der Waals surface area contributed by atoms with Crippen LogP contribution in [-0.4, -0.2) is 60.9 Å². The Balaban J connectivity index is 1.64. The van der Waals surface area contributed by atoms with E-state index in [0.29, 0.717) is 50.4 Å². The molecule has 0 bridgehead atoms. The van der Waals surface area contributed by atoms with Crippen LogP contribution in [0.25, 0.3) is 0 Å². The van der Waals surface area contributed by atoms with E-state index in [9.17, 15) is 14.9 Å². The van der Waals surface area contributed by atoms with Gasteiger partial charge in [0, 0.05) is 42.5 Å². The summed E-state index contributed by atoms with van der Waals surface area (Å²) >= 11 is 1.44. The van der Waals surface area contributed by atoms with Crippen molar-refractivity contribution in [3.05, 3.63) is 59.7 Å². The second-order valence-corrected chi connectivity index (χ2v) is 8.21. The predicted molar refractivity (Wildman–Crippen MR) is 117 cm³/mol. The first-order valence-electron chi connectivity index (χ1n) is 10.2. The van der Waals surface area contributed by atoms with Crippen molar-refractivity contribution in [2.24, 2.45) is 0 Å². The van der Waals surface area contributed by atoms with Crippen LogP contribution in [0.4, 0.5) is 0 Å². The van der Waals surface area contributed by atoms with Crippen molar-refractivity contribution in [1.29, 1.82) is 5.26 Å². The number of nitriles is 1. The monoisotopic (exact) mass is 422 g/mol. The van der Waals surface area contributed by atoms with Gasteiger partial charge < -0.3 is 10.2 Å². The van der Waals surface area contributed by atoms with Crippen LogP contribution in [0, 0.1) is 11.3 Å². The molecule has 0 saturated carbocycles. The topological polar surface area (TPSA) is 76.4 Å². The minimum absolute atomic E-state index is 0.0115. The SMILES string of the molecule is CCCNC(=O)CN1CCN(C(=O)c2ccccc2Sc2ccccc2C#N)CC1. The van der Waals surface area contributed by atoms with Gasteiger partial charge in [0.1, 0.15) is 6.07 Å². The lowest BCUT2D eigenvalue weighted by atomic mass is 10.2. The summed E-state index contributed by atoms with van der Waals surface area (Å²) in [6.07, 6.45) is 0.921. The Labute approximate surface area is 181 Å². The zero-order valence-electron chi connectivity index (χ0n) is 17.1. The molecule has 3 rings (SSSR count). The fourth-order valence-corrected chi connectivity index (χ4v) is 4.32. The molecule has 1 heterocycles. The summed E-state index contributed by atoms with van der Waals surface area (Å²) < 4.78 is 0. The second kappa shape index (κ2) is 10.8. The molecule has 1 saturated heterocycles. The summed E-state index contributed by atoms with van der Waals surface area (Å²) in [5, 5.41) is 12.2. The van der Waals surface area contributed by atoms with Crippen molar-refractivity contribution in [2.45, 2.75) is 23.1 Å². The predicted octanol–water partition coefficient (Wildman–Crippen LogP) is 2.99. The fourth-order valence-electron chi connectivity index (χ4n) is 3.30. The maximum absolute atomic E-state index is 13.2. The summed E-state index contributed by atoms with van der Waals surface area (Å²) in [6.45, 7) is 5.64. The number of benzene rings is 2. The minimum atomic E-state index is -0.0115. The minimum Gasteiger partial charge on any atom is -0.355 e. The number of hydrogen-bond acceptors (Lipinski definition) is 5. The summed E-state index contributed by atoms with van der Waals surface area (Å²) in [5.41, 5.74) is 1.24. The highest BCUT2D eigenvalue weighted by atomic mass is 32.2. The molecule has 0 atom stereocenters. The third-order valence-electron chi connectivity index (χ3n) is 4.94. The molecule has 7 heteroatoms. The molecule has 6 nitrogen and oxygen atoms in total. The molecule has 1 fully saturated rings. The van der Waals surface area contributed by atoms with Gasteiger partial charge in [0.2, 0.25) is 5.91 Å². The zero-order chi connectivity index (χ0) is 21.3. The molecule has 2 aromatic carbocycles. The lowest BCUT2D eigenvalue weighted by molar-refractivity contribution is -0.122. The van der Waals surface area contributed by atoms with Crippen LogP contribution in [0.2, 0.25) is 0 Å². The number of nitrogens with zero attached hydrogens (tertiary/aromatic N) is 3. The van der Waals surface area contributed by atoms with Gasteiger partial charge in [-0.1, -0.05) is 43.0 Å². The number of carbonyl (C=O) groups is 2. The molecular formula is C23H26N4O2S. The quantitative estimate of drug-likeness (QED) is 0.742. The van der Waals surface area contributed by atoms with E-state index in [1.165, 1.54) is 11.8 Å². The van der Waals surface area contributed by atoms with Gasteiger partial charge in [-0.05, 0) is 30.7 Å². The van der Waals surface area contributed by atoms with Gasteiger partial charge in [0.15, 0.2) is 0 Å². The molecule has 0 radical (unpaired) electrons. The van der Waals surface area contributed by atoms with Gasteiger partial charge in [-0.2, -0.15) is 5.26 Å². The molecule has 0 aromatic heterocycles. The average molecular weight is 423 g/mol. The second-order valence-electron chi connectivity index (χ2n) is 7.12. The van der Waals surface area contributed by atoms with Crippen LogP contribution >= 0.6 is 11.8 Å². The number of hydrogen-bond donors (Lipinski definition) is 1. The van der Waals surface area contributed by atoms with E-state index < -0.39 is 0 Å². The van der Waals surface area contributed by atoms with Crippen LogP contribution in [0.15, 0.2) is 58.3 Å². The highest BCUT2D eigenvalue weighted by Crippen LogP contribution is 2.33. The Bertz CT molecular complexity index is 933. The van der Waals surface area contributed by atoms with E-state index in [1.807, 2.05) is 54.3 Å². The van der Waals surface area contributed by atoms with Gasteiger partial charge >= 0.3 is 0 Å². The third-order valence-corrected chi connectivity index (χ3v) is 6.10. The van der Waals surface area contributed by atoms with Crippen molar-refractivity contribution in [1.82, 2.24) is 15.1 Å². The van der Waals surface area contributed by atoms with Crippen LogP contribution in [0.5, 0.6) is 0 Å². The molecule has 1 N–H and O–H groups in total. The number of rotatable bonds is 7. The Morgan fingerprint density at radius 1 is 1.03 bits per heavy atom. The Morgan fingerprint density at radius 3 is 2.40 bits per heavy atom. The van der Waals surface area contributed by atoms with Crippen molar-refractivity contribution in [3.8, 4) is 6.07 Å². The number of nitrogens with one attached hydrogen (secondary N) is 1. The number of piperazine rings is 1. The first-order chi connectivity index (χ1) is 14.6. The number of carbonyl (C=O) groups excluding carboxylic acids is 2. The lowest BCUT2D eigenvalue weighted by Crippen LogP contribution is -2.51. The summed E-state index contributed by atoms with van der Waals surface area (Å²) in [7, 11) is 0. The van der Waals surface area contributed by atoms with Crippen molar-refractivity contribution >= 4 is 23.6 Å². The summed E-state index contributed by atoms with van der Waals surface area (Å²) in [4.78, 5) is 30.7. The summed E-state index contributed by atoms with van der Waals surface area (Å²) in [5.74, 6) is 0.0251. The Kier molecular flexibility index (Phi) is 7.89. The molecule has 156 valence electrons. The van der Waals surface area contributed by atoms with Gasteiger partial charge in [-0.15, -0.1) is 0 Å². The molecule has 0 spiro atoms. The van der Waals surface area contributed by atoms with Crippen molar-refractivity contribution in [3.63, 3.8) is 0 Å². The summed E-state index contributed by atoms with van der Waals surface area (Å²) in [6, 6.07) is 17.1. The molecular weight excluding hydrogens is 396 g/mol. The van der Waals surface area contributed by atoms with E-state index in [2.05, 4.69) is 16.3 Å². The lowest BCUT2D eigenvalue weighted by Gasteiger charge is -2.34. The third kappa shape index (κ3) is 5.62. The van der Waals surface area contributed by atoms with Gasteiger partial charge in [-0.25, -0.2) is 0 Å². The number of amides is 2. The first-order valence-corrected chi connectivity index (χ1v) is 11.0. The molecule has 1 aliphatic rings. The first kappa shape index (κ1) is 21.9. The standard InChI is InChI=1S/C23H26N4O2S/c1-2-11-25-22(28)17-26-12-14-27(15-13-26)23(29)19-8-4-6-10-21(19)30-20-9-5-3-7-18(20)16-24/h3-10H,2,11-15,17H2,1H3,(H,25,28).